The van der Waals surface area contributed by atoms with Crippen LogP contribution in [0.1, 0.15) is 31.9 Å². The monoisotopic (exact) mass is 506 g/mol. The van der Waals surface area contributed by atoms with Crippen molar-refractivity contribution >= 4 is 40.8 Å². The number of H-pyrrole nitrogens is 1. The topological polar surface area (TPSA) is 61.2 Å². The molecule has 4 rings (SSSR count). The summed E-state index contributed by atoms with van der Waals surface area (Å²) >= 11 is 0. The summed E-state index contributed by atoms with van der Waals surface area (Å²) in [6.45, 7) is 8.15. The van der Waals surface area contributed by atoms with Gasteiger partial charge in [-0.3, -0.25) is 4.99 Å². The van der Waals surface area contributed by atoms with Crippen LogP contribution in [0.15, 0.2) is 54.2 Å². The van der Waals surface area contributed by atoms with Crippen LogP contribution in [0.5, 0.6) is 0 Å². The number of aliphatic imine (C=N–C) groups is 1. The Morgan fingerprint density at radius 2 is 2.21 bits per heavy atom. The molecule has 2 aromatic heterocycles. The lowest BCUT2D eigenvalue weighted by Crippen LogP contribution is -2.49. The second-order valence-corrected chi connectivity index (χ2v) is 7.63. The van der Waals surface area contributed by atoms with Crippen molar-refractivity contribution in [1.82, 2.24) is 24.8 Å². The first-order valence-electron chi connectivity index (χ1n) is 10.3. The third kappa shape index (κ3) is 4.94. The fourth-order valence-corrected chi connectivity index (χ4v) is 4.14. The number of rotatable bonds is 5. The van der Waals surface area contributed by atoms with Crippen molar-refractivity contribution in [1.29, 1.82) is 0 Å². The molecule has 0 spiro atoms. The van der Waals surface area contributed by atoms with E-state index in [9.17, 15) is 0 Å². The van der Waals surface area contributed by atoms with Crippen molar-refractivity contribution in [3.8, 4) is 0 Å². The fourth-order valence-electron chi connectivity index (χ4n) is 4.14. The SMILES string of the molecule is CCNC(=NCCc1c[nH]c2ccccc12)N1CCC(C)C(n2ccnc2)C1.I. The van der Waals surface area contributed by atoms with E-state index in [1.165, 1.54) is 16.5 Å². The Kier molecular flexibility index (Phi) is 7.57. The van der Waals surface area contributed by atoms with Gasteiger partial charge in [0.15, 0.2) is 5.96 Å². The quantitative estimate of drug-likeness (QED) is 0.312. The van der Waals surface area contributed by atoms with E-state index in [4.69, 9.17) is 4.99 Å². The zero-order valence-corrected chi connectivity index (χ0v) is 19.5. The van der Waals surface area contributed by atoms with Crippen LogP contribution >= 0.6 is 24.0 Å². The highest BCUT2D eigenvalue weighted by Gasteiger charge is 2.28. The van der Waals surface area contributed by atoms with Crippen LogP contribution in [0.3, 0.4) is 0 Å². The second-order valence-electron chi connectivity index (χ2n) is 7.63. The minimum atomic E-state index is 0. The van der Waals surface area contributed by atoms with Gasteiger partial charge in [0.25, 0.3) is 0 Å². The van der Waals surface area contributed by atoms with Gasteiger partial charge in [0.1, 0.15) is 0 Å². The molecule has 1 fully saturated rings. The number of halogens is 1. The molecule has 2 atom stereocenters. The van der Waals surface area contributed by atoms with Gasteiger partial charge in [0, 0.05) is 55.7 Å². The number of para-hydroxylation sites is 1. The standard InChI is InChI=1S/C22H30N6.HI/c1-3-24-22(25-10-8-18-14-26-20-7-5-4-6-19(18)20)27-12-9-17(2)21(15-27)28-13-11-23-16-28;/h4-7,11,13-14,16-17,21,26H,3,8-10,12,15H2,1-2H3,(H,24,25);1H. The third-order valence-electron chi connectivity index (χ3n) is 5.78. The van der Waals surface area contributed by atoms with Gasteiger partial charge < -0.3 is 19.8 Å². The molecule has 0 radical (unpaired) electrons. The zero-order valence-electron chi connectivity index (χ0n) is 17.2. The average Bonchev–Trinajstić information content (AvgIpc) is 3.38. The lowest BCUT2D eigenvalue weighted by molar-refractivity contribution is 0.189. The summed E-state index contributed by atoms with van der Waals surface area (Å²) < 4.78 is 2.24. The highest BCUT2D eigenvalue weighted by molar-refractivity contribution is 14.0. The molecule has 1 aliphatic rings. The Labute approximate surface area is 189 Å². The Hall–Kier alpha value is -2.03. The van der Waals surface area contributed by atoms with E-state index >= 15 is 0 Å². The van der Waals surface area contributed by atoms with Gasteiger partial charge in [0.05, 0.1) is 12.4 Å². The number of fused-ring (bicyclic) bond motifs is 1. The fraction of sp³-hybridized carbons (Fsp3) is 0.455. The van der Waals surface area contributed by atoms with Gasteiger partial charge in [0.2, 0.25) is 0 Å². The number of piperidine rings is 1. The van der Waals surface area contributed by atoms with Gasteiger partial charge in [-0.2, -0.15) is 0 Å². The van der Waals surface area contributed by atoms with Gasteiger partial charge in [-0.05, 0) is 37.3 Å². The maximum absolute atomic E-state index is 4.95. The Morgan fingerprint density at radius 3 is 3.00 bits per heavy atom. The highest BCUT2D eigenvalue weighted by atomic mass is 127. The summed E-state index contributed by atoms with van der Waals surface area (Å²) in [4.78, 5) is 15.0. The normalized spacial score (nSPS) is 19.9. The molecule has 0 aliphatic carbocycles. The number of likely N-dealkylation sites (tertiary alicyclic amines) is 1. The van der Waals surface area contributed by atoms with Crippen molar-refractivity contribution in [2.45, 2.75) is 32.7 Å². The van der Waals surface area contributed by atoms with Crippen molar-refractivity contribution in [2.24, 2.45) is 10.9 Å². The van der Waals surface area contributed by atoms with Crippen LogP contribution in [-0.4, -0.2) is 51.6 Å². The Bertz CT molecular complexity index is 916. The molecule has 1 saturated heterocycles. The molecule has 6 nitrogen and oxygen atoms in total. The number of guanidine groups is 1. The second kappa shape index (κ2) is 10.1. The number of nitrogens with one attached hydrogen (secondary N) is 2. The summed E-state index contributed by atoms with van der Waals surface area (Å²) in [6.07, 6.45) is 10.1. The maximum atomic E-state index is 4.95. The van der Waals surface area contributed by atoms with Crippen molar-refractivity contribution in [2.75, 3.05) is 26.2 Å². The van der Waals surface area contributed by atoms with Gasteiger partial charge in [-0.15, -0.1) is 24.0 Å². The highest BCUT2D eigenvalue weighted by Crippen LogP contribution is 2.27. The van der Waals surface area contributed by atoms with Gasteiger partial charge in [-0.1, -0.05) is 25.1 Å². The number of aromatic amines is 1. The number of imidazole rings is 1. The molecule has 0 amide bonds. The predicted octanol–water partition coefficient (Wildman–Crippen LogP) is 4.07. The summed E-state index contributed by atoms with van der Waals surface area (Å²) in [6, 6.07) is 8.90. The zero-order chi connectivity index (χ0) is 19.3. The van der Waals surface area contributed by atoms with Crippen LogP contribution in [0.4, 0.5) is 0 Å². The predicted molar refractivity (Wildman–Crippen MR) is 130 cm³/mol. The van der Waals surface area contributed by atoms with Gasteiger partial charge in [-0.25, -0.2) is 4.98 Å². The average molecular weight is 506 g/mol. The number of aromatic nitrogens is 3. The largest absolute Gasteiger partial charge is 0.361 e. The van der Waals surface area contributed by atoms with E-state index in [1.54, 1.807) is 0 Å². The smallest absolute Gasteiger partial charge is 0.193 e. The minimum absolute atomic E-state index is 0. The molecule has 29 heavy (non-hydrogen) atoms. The molecule has 3 heterocycles. The maximum Gasteiger partial charge on any atom is 0.193 e. The van der Waals surface area contributed by atoms with E-state index in [0.717, 1.165) is 45.0 Å². The van der Waals surface area contributed by atoms with E-state index in [0.29, 0.717) is 12.0 Å². The summed E-state index contributed by atoms with van der Waals surface area (Å²) in [5.41, 5.74) is 2.53. The van der Waals surface area contributed by atoms with Crippen LogP contribution in [-0.2, 0) is 6.42 Å². The number of nitrogens with zero attached hydrogens (tertiary/aromatic N) is 4. The van der Waals surface area contributed by atoms with Crippen molar-refractivity contribution < 1.29 is 0 Å². The van der Waals surface area contributed by atoms with E-state index in [-0.39, 0.29) is 24.0 Å². The molecular formula is C22H31IN6. The minimum Gasteiger partial charge on any atom is -0.361 e. The first-order chi connectivity index (χ1) is 13.8. The number of hydrogen-bond donors (Lipinski definition) is 2. The van der Waals surface area contributed by atoms with E-state index in [1.807, 2.05) is 12.5 Å². The molecule has 3 aromatic rings. The lowest BCUT2D eigenvalue weighted by Gasteiger charge is -2.39. The molecule has 1 aliphatic heterocycles. The molecule has 0 saturated carbocycles. The van der Waals surface area contributed by atoms with Crippen molar-refractivity contribution in [3.63, 3.8) is 0 Å². The van der Waals surface area contributed by atoms with Crippen molar-refractivity contribution in [3.05, 3.63) is 54.7 Å². The first kappa shape index (κ1) is 21.7. The third-order valence-corrected chi connectivity index (χ3v) is 5.78. The lowest BCUT2D eigenvalue weighted by atomic mass is 9.93. The van der Waals surface area contributed by atoms with E-state index < -0.39 is 0 Å². The molecule has 2 N–H and O–H groups in total. The molecule has 0 bridgehead atoms. The Balaban J connectivity index is 0.00000240. The van der Waals surface area contributed by atoms with E-state index in [2.05, 4.69) is 75.3 Å². The molecule has 156 valence electrons. The molecule has 7 heteroatoms. The van der Waals surface area contributed by atoms with Crippen LogP contribution in [0.2, 0.25) is 0 Å². The molecule has 1 aromatic carbocycles. The summed E-state index contributed by atoms with van der Waals surface area (Å²) in [5.74, 6) is 1.67. The van der Waals surface area contributed by atoms with Crippen LogP contribution < -0.4 is 5.32 Å². The first-order valence-corrected chi connectivity index (χ1v) is 10.3. The van der Waals surface area contributed by atoms with Crippen LogP contribution in [0, 0.1) is 5.92 Å². The number of benzene rings is 1. The molecule has 2 unspecified atom stereocenters. The van der Waals surface area contributed by atoms with Crippen LogP contribution in [0.25, 0.3) is 10.9 Å². The van der Waals surface area contributed by atoms with Gasteiger partial charge >= 0.3 is 0 Å². The summed E-state index contributed by atoms with van der Waals surface area (Å²) in [7, 11) is 0. The summed E-state index contributed by atoms with van der Waals surface area (Å²) in [5, 5.41) is 4.79. The molecular weight excluding hydrogens is 475 g/mol. The Morgan fingerprint density at radius 1 is 1.34 bits per heavy atom. The number of hydrogen-bond acceptors (Lipinski definition) is 2.